The Morgan fingerprint density at radius 1 is 1.29 bits per heavy atom. The molecule has 0 radical (unpaired) electrons. The second-order valence-electron chi connectivity index (χ2n) is 5.10. The Morgan fingerprint density at radius 3 is 2.76 bits per heavy atom. The Labute approximate surface area is 103 Å². The number of nitrogens with zero attached hydrogens (tertiary/aromatic N) is 2. The quantitative estimate of drug-likeness (QED) is 0.769. The van der Waals surface area contributed by atoms with Gasteiger partial charge in [0.2, 0.25) is 10.0 Å². The van der Waals surface area contributed by atoms with Crippen molar-refractivity contribution in [3.63, 3.8) is 0 Å². The third kappa shape index (κ3) is 2.81. The van der Waals surface area contributed by atoms with Gasteiger partial charge in [-0.15, -0.1) is 0 Å². The van der Waals surface area contributed by atoms with Crippen LogP contribution < -0.4 is 0 Å². The number of fused-ring (bicyclic) bond motifs is 1. The Bertz CT molecular complexity index is 358. The fourth-order valence-electron chi connectivity index (χ4n) is 2.95. The maximum atomic E-state index is 12.0. The van der Waals surface area contributed by atoms with E-state index in [0.717, 1.165) is 19.5 Å². The second-order valence-corrected chi connectivity index (χ2v) is 7.14. The lowest BCUT2D eigenvalue weighted by molar-refractivity contribution is 0.0562. The fraction of sp³-hybridized carbons (Fsp3) is 1.00. The van der Waals surface area contributed by atoms with Gasteiger partial charge in [-0.25, -0.2) is 8.42 Å². The molecule has 1 N–H and O–H groups in total. The minimum atomic E-state index is -3.28. The summed E-state index contributed by atoms with van der Waals surface area (Å²) in [6, 6.07) is 0.411. The summed E-state index contributed by atoms with van der Waals surface area (Å²) in [5.41, 5.74) is 0. The van der Waals surface area contributed by atoms with Crippen molar-refractivity contribution >= 4 is 10.0 Å². The highest BCUT2D eigenvalue weighted by atomic mass is 32.2. The number of hydrogen-bond acceptors (Lipinski definition) is 4. The third-order valence-corrected chi connectivity index (χ3v) is 5.76. The van der Waals surface area contributed by atoms with E-state index in [2.05, 4.69) is 4.90 Å². The summed E-state index contributed by atoms with van der Waals surface area (Å²) in [6.07, 6.45) is 3.52. The van der Waals surface area contributed by atoms with E-state index in [9.17, 15) is 8.42 Å². The SMILES string of the molecule is CC1CN2CCCCC2CN1S(=O)(=O)CCO. The van der Waals surface area contributed by atoms with E-state index in [1.807, 2.05) is 6.92 Å². The summed E-state index contributed by atoms with van der Waals surface area (Å²) in [6.45, 7) is 4.20. The average molecular weight is 262 g/mol. The van der Waals surface area contributed by atoms with Crippen LogP contribution in [-0.4, -0.2) is 66.8 Å². The van der Waals surface area contributed by atoms with Gasteiger partial charge in [0.25, 0.3) is 0 Å². The van der Waals surface area contributed by atoms with E-state index in [-0.39, 0.29) is 18.4 Å². The molecule has 100 valence electrons. The average Bonchev–Trinajstić information content (AvgIpc) is 2.27. The van der Waals surface area contributed by atoms with Crippen molar-refractivity contribution in [2.45, 2.75) is 38.3 Å². The monoisotopic (exact) mass is 262 g/mol. The van der Waals surface area contributed by atoms with Crippen LogP contribution in [0.3, 0.4) is 0 Å². The summed E-state index contributed by atoms with van der Waals surface area (Å²) in [7, 11) is -3.28. The van der Waals surface area contributed by atoms with E-state index < -0.39 is 10.0 Å². The molecule has 0 aromatic heterocycles. The first-order valence-corrected chi connectivity index (χ1v) is 8.00. The molecule has 2 aliphatic heterocycles. The topological polar surface area (TPSA) is 60.9 Å². The molecule has 0 aromatic rings. The molecule has 0 spiro atoms. The van der Waals surface area contributed by atoms with E-state index in [0.29, 0.717) is 12.6 Å². The highest BCUT2D eigenvalue weighted by Crippen LogP contribution is 2.25. The lowest BCUT2D eigenvalue weighted by Crippen LogP contribution is -2.60. The van der Waals surface area contributed by atoms with Crippen molar-refractivity contribution in [3.8, 4) is 0 Å². The van der Waals surface area contributed by atoms with Crippen LogP contribution >= 0.6 is 0 Å². The Morgan fingerprint density at radius 2 is 2.06 bits per heavy atom. The standard InChI is InChI=1S/C11H22N2O3S/c1-10-8-12-5-3-2-4-11(12)9-13(10)17(15,16)7-6-14/h10-11,14H,2-9H2,1H3. The number of rotatable bonds is 3. The van der Waals surface area contributed by atoms with Crippen LogP contribution in [0, 0.1) is 0 Å². The van der Waals surface area contributed by atoms with E-state index in [1.165, 1.54) is 12.8 Å². The number of sulfonamides is 1. The molecule has 17 heavy (non-hydrogen) atoms. The first-order valence-electron chi connectivity index (χ1n) is 6.39. The molecule has 0 amide bonds. The van der Waals surface area contributed by atoms with Crippen LogP contribution in [-0.2, 0) is 10.0 Å². The molecule has 0 aromatic carbocycles. The van der Waals surface area contributed by atoms with Gasteiger partial charge in [0, 0.05) is 25.2 Å². The molecule has 5 nitrogen and oxygen atoms in total. The molecule has 0 bridgehead atoms. The molecule has 2 unspecified atom stereocenters. The summed E-state index contributed by atoms with van der Waals surface area (Å²) < 4.78 is 25.6. The van der Waals surface area contributed by atoms with Crippen LogP contribution in [0.25, 0.3) is 0 Å². The van der Waals surface area contributed by atoms with Crippen molar-refractivity contribution in [2.75, 3.05) is 32.0 Å². The van der Waals surface area contributed by atoms with E-state index in [4.69, 9.17) is 5.11 Å². The first-order chi connectivity index (χ1) is 8.04. The number of piperidine rings is 1. The minimum Gasteiger partial charge on any atom is -0.395 e. The van der Waals surface area contributed by atoms with Crippen LogP contribution in [0.1, 0.15) is 26.2 Å². The third-order valence-electron chi connectivity index (χ3n) is 3.84. The number of aliphatic hydroxyl groups excluding tert-OH is 1. The molecule has 6 heteroatoms. The summed E-state index contributed by atoms with van der Waals surface area (Å²) >= 11 is 0. The molecule has 0 aliphatic carbocycles. The smallest absolute Gasteiger partial charge is 0.216 e. The van der Waals surface area contributed by atoms with Gasteiger partial charge in [-0.1, -0.05) is 6.42 Å². The zero-order valence-electron chi connectivity index (χ0n) is 10.4. The highest BCUT2D eigenvalue weighted by molar-refractivity contribution is 7.89. The van der Waals surface area contributed by atoms with Gasteiger partial charge in [0.05, 0.1) is 12.4 Å². The molecular formula is C11H22N2O3S. The number of aliphatic hydroxyl groups is 1. The van der Waals surface area contributed by atoms with Crippen molar-refractivity contribution in [3.05, 3.63) is 0 Å². The zero-order valence-corrected chi connectivity index (χ0v) is 11.2. The molecule has 2 fully saturated rings. The minimum absolute atomic E-state index is 0.0286. The Balaban J connectivity index is 2.09. The molecule has 0 saturated carbocycles. The van der Waals surface area contributed by atoms with Gasteiger partial charge in [0.15, 0.2) is 0 Å². The molecule has 2 saturated heterocycles. The van der Waals surface area contributed by atoms with Crippen molar-refractivity contribution in [1.29, 1.82) is 0 Å². The second kappa shape index (κ2) is 5.22. The maximum Gasteiger partial charge on any atom is 0.216 e. The Hall–Kier alpha value is -0.170. The van der Waals surface area contributed by atoms with Gasteiger partial charge in [0.1, 0.15) is 0 Å². The number of hydrogen-bond donors (Lipinski definition) is 1. The fourth-order valence-corrected chi connectivity index (χ4v) is 4.43. The van der Waals surface area contributed by atoms with E-state index in [1.54, 1.807) is 4.31 Å². The highest BCUT2D eigenvalue weighted by Gasteiger charge is 2.38. The molecule has 2 rings (SSSR count). The molecular weight excluding hydrogens is 240 g/mol. The van der Waals surface area contributed by atoms with Gasteiger partial charge in [-0.05, 0) is 26.3 Å². The summed E-state index contributed by atoms with van der Waals surface area (Å²) in [5.74, 6) is -0.149. The molecule has 2 aliphatic rings. The van der Waals surface area contributed by atoms with Gasteiger partial charge in [-0.3, -0.25) is 4.90 Å². The van der Waals surface area contributed by atoms with Gasteiger partial charge in [-0.2, -0.15) is 4.31 Å². The molecule has 2 atom stereocenters. The van der Waals surface area contributed by atoms with Gasteiger partial charge >= 0.3 is 0 Å². The van der Waals surface area contributed by atoms with Crippen LogP contribution in [0.2, 0.25) is 0 Å². The predicted molar refractivity (Wildman–Crippen MR) is 66.3 cm³/mol. The zero-order chi connectivity index (χ0) is 12.5. The van der Waals surface area contributed by atoms with Crippen LogP contribution in [0.5, 0.6) is 0 Å². The first kappa shape index (κ1) is 13.3. The van der Waals surface area contributed by atoms with Gasteiger partial charge < -0.3 is 5.11 Å². The van der Waals surface area contributed by atoms with E-state index >= 15 is 0 Å². The normalized spacial score (nSPS) is 32.4. The lowest BCUT2D eigenvalue weighted by atomic mass is 9.99. The predicted octanol–water partition coefficient (Wildman–Crippen LogP) is -0.133. The summed E-state index contributed by atoms with van der Waals surface area (Å²) in [5, 5.41) is 8.83. The molecule has 2 heterocycles. The largest absolute Gasteiger partial charge is 0.395 e. The van der Waals surface area contributed by atoms with Crippen molar-refractivity contribution in [1.82, 2.24) is 9.21 Å². The number of piperazine rings is 1. The van der Waals surface area contributed by atoms with Crippen LogP contribution in [0.4, 0.5) is 0 Å². The lowest BCUT2D eigenvalue weighted by Gasteiger charge is -2.46. The summed E-state index contributed by atoms with van der Waals surface area (Å²) in [4.78, 5) is 2.42. The maximum absolute atomic E-state index is 12.0. The van der Waals surface area contributed by atoms with Crippen molar-refractivity contribution in [2.24, 2.45) is 0 Å². The Kier molecular flexibility index (Phi) is 4.07. The van der Waals surface area contributed by atoms with Crippen LogP contribution in [0.15, 0.2) is 0 Å². The van der Waals surface area contributed by atoms with Crippen molar-refractivity contribution < 1.29 is 13.5 Å².